The molecule has 1 aliphatic carbocycles. The molecule has 0 aliphatic heterocycles. The quantitative estimate of drug-likeness (QED) is 0.819. The van der Waals surface area contributed by atoms with E-state index in [4.69, 9.17) is 5.26 Å². The standard InChI is InChI=1S/C11H10BrNO2/c12-7-1-2-9(10(15)3-7)11(6-13)4-8(14)5-11/h1-3,8,14-15H,4-5H2. The summed E-state index contributed by atoms with van der Waals surface area (Å²) in [5.41, 5.74) is -0.0944. The Morgan fingerprint density at radius 3 is 2.60 bits per heavy atom. The summed E-state index contributed by atoms with van der Waals surface area (Å²) in [7, 11) is 0. The van der Waals surface area contributed by atoms with E-state index in [1.807, 2.05) is 0 Å². The van der Waals surface area contributed by atoms with E-state index >= 15 is 0 Å². The van der Waals surface area contributed by atoms with Crippen LogP contribution < -0.4 is 0 Å². The van der Waals surface area contributed by atoms with Crippen molar-refractivity contribution in [3.8, 4) is 11.8 Å². The SMILES string of the molecule is N#CC1(c2ccc(Br)cc2O)CC(O)C1. The second kappa shape index (κ2) is 3.51. The summed E-state index contributed by atoms with van der Waals surface area (Å²) >= 11 is 3.24. The Morgan fingerprint density at radius 2 is 2.13 bits per heavy atom. The van der Waals surface area contributed by atoms with Crippen LogP contribution >= 0.6 is 15.9 Å². The third-order valence-corrected chi connectivity index (χ3v) is 3.35. The predicted octanol–water partition coefficient (Wildman–Crippen LogP) is 2.07. The van der Waals surface area contributed by atoms with Crippen LogP contribution in [0.25, 0.3) is 0 Å². The van der Waals surface area contributed by atoms with Gasteiger partial charge in [-0.25, -0.2) is 0 Å². The van der Waals surface area contributed by atoms with E-state index in [2.05, 4.69) is 22.0 Å². The average Bonchev–Trinajstić information content (AvgIpc) is 2.13. The molecular formula is C11H10BrNO2. The zero-order valence-electron chi connectivity index (χ0n) is 7.94. The lowest BCUT2D eigenvalue weighted by molar-refractivity contribution is 0.0438. The van der Waals surface area contributed by atoms with E-state index < -0.39 is 11.5 Å². The van der Waals surface area contributed by atoms with Gasteiger partial charge < -0.3 is 10.2 Å². The molecule has 2 N–H and O–H groups in total. The Balaban J connectivity index is 2.41. The van der Waals surface area contributed by atoms with Gasteiger partial charge in [0.05, 0.1) is 17.6 Å². The second-order valence-electron chi connectivity index (χ2n) is 3.92. The first-order valence-corrected chi connectivity index (χ1v) is 5.45. The summed E-state index contributed by atoms with van der Waals surface area (Å²) < 4.78 is 0.775. The lowest BCUT2D eigenvalue weighted by Crippen LogP contribution is -2.43. The molecule has 0 radical (unpaired) electrons. The highest BCUT2D eigenvalue weighted by Crippen LogP contribution is 2.46. The third kappa shape index (κ3) is 1.62. The summed E-state index contributed by atoms with van der Waals surface area (Å²) in [6, 6.07) is 7.28. The van der Waals surface area contributed by atoms with Gasteiger partial charge in [-0.05, 0) is 25.0 Å². The molecule has 2 rings (SSSR count). The third-order valence-electron chi connectivity index (χ3n) is 2.86. The van der Waals surface area contributed by atoms with Crippen molar-refractivity contribution in [2.45, 2.75) is 24.4 Å². The monoisotopic (exact) mass is 267 g/mol. The predicted molar refractivity (Wildman–Crippen MR) is 58.3 cm³/mol. The molecule has 1 aromatic carbocycles. The van der Waals surface area contributed by atoms with Gasteiger partial charge in [-0.1, -0.05) is 22.0 Å². The summed E-state index contributed by atoms with van der Waals surface area (Å²) in [6.07, 6.45) is 0.380. The number of aliphatic hydroxyl groups excluding tert-OH is 1. The minimum Gasteiger partial charge on any atom is -0.508 e. The molecule has 1 aromatic rings. The van der Waals surface area contributed by atoms with Crippen molar-refractivity contribution in [3.63, 3.8) is 0 Å². The van der Waals surface area contributed by atoms with Crippen molar-refractivity contribution in [1.29, 1.82) is 5.26 Å². The smallest absolute Gasteiger partial charge is 0.121 e. The van der Waals surface area contributed by atoms with Gasteiger partial charge in [0, 0.05) is 10.0 Å². The second-order valence-corrected chi connectivity index (χ2v) is 4.83. The Bertz CT molecular complexity index is 433. The number of hydrogen-bond acceptors (Lipinski definition) is 3. The van der Waals surface area contributed by atoms with Gasteiger partial charge in [0.1, 0.15) is 5.75 Å². The lowest BCUT2D eigenvalue weighted by Gasteiger charge is -2.40. The first kappa shape index (κ1) is 10.5. The van der Waals surface area contributed by atoms with Gasteiger partial charge in [-0.15, -0.1) is 0 Å². The molecule has 0 heterocycles. The number of aromatic hydroxyl groups is 1. The number of hydrogen-bond donors (Lipinski definition) is 2. The molecule has 0 atom stereocenters. The van der Waals surface area contributed by atoms with Gasteiger partial charge in [0.25, 0.3) is 0 Å². The van der Waals surface area contributed by atoms with Crippen molar-refractivity contribution in [2.24, 2.45) is 0 Å². The first-order chi connectivity index (χ1) is 7.07. The van der Waals surface area contributed by atoms with E-state index in [1.165, 1.54) is 0 Å². The lowest BCUT2D eigenvalue weighted by atomic mass is 9.63. The fraction of sp³-hybridized carbons (Fsp3) is 0.364. The summed E-state index contributed by atoms with van der Waals surface area (Å²) in [5, 5.41) is 28.1. The molecule has 0 bridgehead atoms. The normalized spacial score (nSPS) is 29.3. The van der Waals surface area contributed by atoms with Crippen LogP contribution in [0, 0.1) is 11.3 Å². The molecule has 1 saturated carbocycles. The van der Waals surface area contributed by atoms with Gasteiger partial charge >= 0.3 is 0 Å². The molecule has 0 aromatic heterocycles. The summed E-state index contributed by atoms with van der Waals surface area (Å²) in [6.45, 7) is 0. The summed E-state index contributed by atoms with van der Waals surface area (Å²) in [4.78, 5) is 0. The van der Waals surface area contributed by atoms with Gasteiger partial charge in [-0.2, -0.15) is 5.26 Å². The Kier molecular flexibility index (Phi) is 2.45. The highest BCUT2D eigenvalue weighted by Gasteiger charge is 2.46. The van der Waals surface area contributed by atoms with E-state index in [0.29, 0.717) is 18.4 Å². The van der Waals surface area contributed by atoms with Crippen LogP contribution in [0.5, 0.6) is 5.75 Å². The van der Waals surface area contributed by atoms with Crippen molar-refractivity contribution >= 4 is 15.9 Å². The zero-order valence-corrected chi connectivity index (χ0v) is 9.53. The molecule has 0 spiro atoms. The molecule has 0 unspecified atom stereocenters. The molecule has 15 heavy (non-hydrogen) atoms. The number of nitriles is 1. The fourth-order valence-electron chi connectivity index (χ4n) is 2.03. The Labute approximate surface area is 96.1 Å². The topological polar surface area (TPSA) is 64.2 Å². The van der Waals surface area contributed by atoms with E-state index in [-0.39, 0.29) is 5.75 Å². The first-order valence-electron chi connectivity index (χ1n) is 4.66. The molecule has 1 aliphatic rings. The summed E-state index contributed by atoms with van der Waals surface area (Å²) in [5.74, 6) is 0.109. The molecule has 0 amide bonds. The highest BCUT2D eigenvalue weighted by atomic mass is 79.9. The van der Waals surface area contributed by atoms with E-state index in [1.54, 1.807) is 18.2 Å². The van der Waals surface area contributed by atoms with Crippen LogP contribution in [0.15, 0.2) is 22.7 Å². The molecule has 78 valence electrons. The minimum absolute atomic E-state index is 0.109. The van der Waals surface area contributed by atoms with Crippen molar-refractivity contribution in [2.75, 3.05) is 0 Å². The zero-order chi connectivity index (χ0) is 11.1. The fourth-order valence-corrected chi connectivity index (χ4v) is 2.37. The van der Waals surface area contributed by atoms with Gasteiger partial charge in [0.15, 0.2) is 0 Å². The molecule has 3 nitrogen and oxygen atoms in total. The van der Waals surface area contributed by atoms with E-state index in [0.717, 1.165) is 4.47 Å². The van der Waals surface area contributed by atoms with Crippen LogP contribution in [0.4, 0.5) is 0 Å². The molecule has 1 fully saturated rings. The largest absolute Gasteiger partial charge is 0.508 e. The number of phenols is 1. The molecular weight excluding hydrogens is 258 g/mol. The Morgan fingerprint density at radius 1 is 1.47 bits per heavy atom. The molecule has 0 saturated heterocycles. The average molecular weight is 268 g/mol. The van der Waals surface area contributed by atoms with Crippen molar-refractivity contribution < 1.29 is 10.2 Å². The van der Waals surface area contributed by atoms with Crippen LogP contribution in [0.1, 0.15) is 18.4 Å². The number of benzene rings is 1. The van der Waals surface area contributed by atoms with Gasteiger partial charge in [0.2, 0.25) is 0 Å². The van der Waals surface area contributed by atoms with Crippen LogP contribution in [-0.2, 0) is 5.41 Å². The number of rotatable bonds is 1. The minimum atomic E-state index is -0.704. The highest BCUT2D eigenvalue weighted by molar-refractivity contribution is 9.10. The van der Waals surface area contributed by atoms with Crippen molar-refractivity contribution in [3.05, 3.63) is 28.2 Å². The number of aliphatic hydroxyl groups is 1. The maximum atomic E-state index is 9.75. The maximum Gasteiger partial charge on any atom is 0.121 e. The van der Waals surface area contributed by atoms with E-state index in [9.17, 15) is 10.2 Å². The number of phenolic OH excluding ortho intramolecular Hbond substituents is 1. The number of halogens is 1. The van der Waals surface area contributed by atoms with Crippen molar-refractivity contribution in [1.82, 2.24) is 0 Å². The Hall–Kier alpha value is -1.05. The van der Waals surface area contributed by atoms with Crippen LogP contribution in [-0.4, -0.2) is 16.3 Å². The molecule has 4 heteroatoms. The van der Waals surface area contributed by atoms with Gasteiger partial charge in [-0.3, -0.25) is 0 Å². The van der Waals surface area contributed by atoms with Crippen LogP contribution in [0.2, 0.25) is 0 Å². The maximum absolute atomic E-state index is 9.75. The number of nitrogens with zero attached hydrogens (tertiary/aromatic N) is 1. The van der Waals surface area contributed by atoms with Crippen LogP contribution in [0.3, 0.4) is 0 Å².